The second-order valence-corrected chi connectivity index (χ2v) is 3.72. The number of carboxylic acid groups (broad SMARTS) is 1. The Morgan fingerprint density at radius 1 is 1.21 bits per heavy atom. The summed E-state index contributed by atoms with van der Waals surface area (Å²) in [6.45, 7) is 4.66. The Bertz CT molecular complexity index is 476. The summed E-state index contributed by atoms with van der Waals surface area (Å²) >= 11 is 0. The number of hydrogen-bond donors (Lipinski definition) is 2. The first kappa shape index (κ1) is 14.7. The standard InChI is InChI=1S/C12H16N2O5/c1-3-14(4-2)10(15)7-13-11(16)8-5-6-9(19-8)12(17)18/h5-6H,3-4,7H2,1-2H3,(H,13,16)(H,17,18). The largest absolute Gasteiger partial charge is 0.475 e. The fourth-order valence-electron chi connectivity index (χ4n) is 1.51. The van der Waals surface area contributed by atoms with Crippen LogP contribution in [0.1, 0.15) is 35.0 Å². The van der Waals surface area contributed by atoms with Crippen LogP contribution in [0.25, 0.3) is 0 Å². The van der Waals surface area contributed by atoms with Crippen molar-refractivity contribution < 1.29 is 23.9 Å². The van der Waals surface area contributed by atoms with Crippen molar-refractivity contribution >= 4 is 17.8 Å². The molecule has 7 heteroatoms. The van der Waals surface area contributed by atoms with Crippen molar-refractivity contribution in [2.45, 2.75) is 13.8 Å². The molecule has 19 heavy (non-hydrogen) atoms. The van der Waals surface area contributed by atoms with Crippen LogP contribution in [0.15, 0.2) is 16.5 Å². The summed E-state index contributed by atoms with van der Waals surface area (Å²) in [7, 11) is 0. The Hall–Kier alpha value is -2.31. The van der Waals surface area contributed by atoms with Crippen molar-refractivity contribution in [2.75, 3.05) is 19.6 Å². The van der Waals surface area contributed by atoms with Crippen molar-refractivity contribution in [1.82, 2.24) is 10.2 Å². The summed E-state index contributed by atoms with van der Waals surface area (Å²) in [6.07, 6.45) is 0. The molecule has 104 valence electrons. The molecule has 1 aromatic heterocycles. The minimum Gasteiger partial charge on any atom is -0.475 e. The molecular weight excluding hydrogens is 252 g/mol. The Morgan fingerprint density at radius 3 is 2.26 bits per heavy atom. The monoisotopic (exact) mass is 268 g/mol. The predicted octanol–water partition coefficient (Wildman–Crippen LogP) is 0.576. The lowest BCUT2D eigenvalue weighted by atomic mass is 10.4. The third-order valence-corrected chi connectivity index (χ3v) is 2.56. The lowest BCUT2D eigenvalue weighted by Gasteiger charge is -2.18. The quantitative estimate of drug-likeness (QED) is 0.786. The minimum atomic E-state index is -1.25. The topological polar surface area (TPSA) is 99.9 Å². The minimum absolute atomic E-state index is 0.134. The predicted molar refractivity (Wildman–Crippen MR) is 65.9 cm³/mol. The first-order valence-electron chi connectivity index (χ1n) is 5.88. The van der Waals surface area contributed by atoms with Crippen molar-refractivity contribution in [3.05, 3.63) is 23.7 Å². The van der Waals surface area contributed by atoms with Crippen LogP contribution in [0.2, 0.25) is 0 Å². The molecule has 0 atom stereocenters. The second kappa shape index (κ2) is 6.58. The van der Waals surface area contributed by atoms with Gasteiger partial charge < -0.3 is 19.7 Å². The molecule has 2 amide bonds. The van der Waals surface area contributed by atoms with Gasteiger partial charge in [0.1, 0.15) is 0 Å². The van der Waals surface area contributed by atoms with Crippen LogP contribution < -0.4 is 5.32 Å². The van der Waals surface area contributed by atoms with Crippen LogP contribution >= 0.6 is 0 Å². The van der Waals surface area contributed by atoms with Crippen molar-refractivity contribution in [3.63, 3.8) is 0 Å². The van der Waals surface area contributed by atoms with Gasteiger partial charge in [0.2, 0.25) is 11.7 Å². The molecule has 1 rings (SSSR count). The van der Waals surface area contributed by atoms with E-state index in [0.717, 1.165) is 0 Å². The van der Waals surface area contributed by atoms with Gasteiger partial charge in [-0.25, -0.2) is 4.79 Å². The molecule has 0 saturated carbocycles. The maximum absolute atomic E-state index is 11.6. The van der Waals surface area contributed by atoms with Crippen LogP contribution in [0.4, 0.5) is 0 Å². The van der Waals surface area contributed by atoms with E-state index in [2.05, 4.69) is 5.32 Å². The molecule has 0 bridgehead atoms. The van der Waals surface area contributed by atoms with Gasteiger partial charge in [-0.1, -0.05) is 0 Å². The maximum Gasteiger partial charge on any atom is 0.371 e. The van der Waals surface area contributed by atoms with Crippen LogP contribution in [0.3, 0.4) is 0 Å². The first-order valence-corrected chi connectivity index (χ1v) is 5.88. The van der Waals surface area contributed by atoms with Gasteiger partial charge in [-0.3, -0.25) is 9.59 Å². The van der Waals surface area contributed by atoms with E-state index in [1.807, 2.05) is 13.8 Å². The Balaban J connectivity index is 2.55. The Kier molecular flexibility index (Phi) is 5.11. The van der Waals surface area contributed by atoms with Crippen molar-refractivity contribution in [3.8, 4) is 0 Å². The maximum atomic E-state index is 11.6. The highest BCUT2D eigenvalue weighted by Crippen LogP contribution is 2.07. The molecule has 0 aliphatic rings. The number of carbonyl (C=O) groups excluding carboxylic acids is 2. The number of carbonyl (C=O) groups is 3. The van der Waals surface area contributed by atoms with E-state index in [4.69, 9.17) is 9.52 Å². The number of carboxylic acids is 1. The lowest BCUT2D eigenvalue weighted by Crippen LogP contribution is -2.39. The molecule has 0 aliphatic heterocycles. The smallest absolute Gasteiger partial charge is 0.371 e. The van der Waals surface area contributed by atoms with Gasteiger partial charge in [0.05, 0.1) is 6.54 Å². The molecule has 0 fully saturated rings. The van der Waals surface area contributed by atoms with Gasteiger partial charge in [-0.15, -0.1) is 0 Å². The van der Waals surface area contributed by atoms with Gasteiger partial charge in [-0.2, -0.15) is 0 Å². The number of likely N-dealkylation sites (N-methyl/N-ethyl adjacent to an activating group) is 1. The normalized spacial score (nSPS) is 10.0. The average molecular weight is 268 g/mol. The Labute approximate surface area is 110 Å². The molecule has 0 aliphatic carbocycles. The van der Waals surface area contributed by atoms with Gasteiger partial charge in [0, 0.05) is 13.1 Å². The summed E-state index contributed by atoms with van der Waals surface area (Å²) in [5.41, 5.74) is 0. The molecular formula is C12H16N2O5. The highest BCUT2D eigenvalue weighted by molar-refractivity contribution is 5.95. The molecule has 0 unspecified atom stereocenters. The zero-order chi connectivity index (χ0) is 14.4. The van der Waals surface area contributed by atoms with Crippen LogP contribution in [-0.2, 0) is 4.79 Å². The van der Waals surface area contributed by atoms with Gasteiger partial charge >= 0.3 is 5.97 Å². The fraction of sp³-hybridized carbons (Fsp3) is 0.417. The number of aromatic carboxylic acids is 1. The number of hydrogen-bond acceptors (Lipinski definition) is 4. The van der Waals surface area contributed by atoms with Gasteiger partial charge in [0.15, 0.2) is 5.76 Å². The summed E-state index contributed by atoms with van der Waals surface area (Å²) in [4.78, 5) is 35.4. The van der Waals surface area contributed by atoms with E-state index in [1.54, 1.807) is 4.90 Å². The van der Waals surface area contributed by atoms with Gasteiger partial charge in [0.25, 0.3) is 5.91 Å². The van der Waals surface area contributed by atoms with Gasteiger partial charge in [-0.05, 0) is 26.0 Å². The molecule has 1 heterocycles. The molecule has 0 spiro atoms. The summed E-state index contributed by atoms with van der Waals surface area (Å²) in [5.74, 6) is -2.53. The fourth-order valence-corrected chi connectivity index (χ4v) is 1.51. The molecule has 1 aromatic rings. The molecule has 7 nitrogen and oxygen atoms in total. The van der Waals surface area contributed by atoms with E-state index in [1.165, 1.54) is 12.1 Å². The molecule has 0 saturated heterocycles. The molecule has 0 aromatic carbocycles. The number of amides is 2. The molecule has 2 N–H and O–H groups in total. The van der Waals surface area contributed by atoms with E-state index >= 15 is 0 Å². The van der Waals surface area contributed by atoms with Crippen molar-refractivity contribution in [2.24, 2.45) is 0 Å². The summed E-state index contributed by atoms with van der Waals surface area (Å²) in [5, 5.41) is 11.0. The van der Waals surface area contributed by atoms with E-state index < -0.39 is 11.9 Å². The van der Waals surface area contributed by atoms with E-state index in [9.17, 15) is 14.4 Å². The van der Waals surface area contributed by atoms with Crippen LogP contribution in [0, 0.1) is 0 Å². The number of nitrogens with zero attached hydrogens (tertiary/aromatic N) is 1. The SMILES string of the molecule is CCN(CC)C(=O)CNC(=O)c1ccc(C(=O)O)o1. The van der Waals surface area contributed by atoms with E-state index in [-0.39, 0.29) is 24.0 Å². The van der Waals surface area contributed by atoms with Crippen LogP contribution in [-0.4, -0.2) is 47.4 Å². The number of nitrogens with one attached hydrogen (secondary N) is 1. The summed E-state index contributed by atoms with van der Waals surface area (Å²) in [6, 6.07) is 2.43. The van der Waals surface area contributed by atoms with Crippen LogP contribution in [0.5, 0.6) is 0 Å². The first-order chi connectivity index (χ1) is 8.99. The number of furan rings is 1. The third-order valence-electron chi connectivity index (χ3n) is 2.56. The van der Waals surface area contributed by atoms with E-state index in [0.29, 0.717) is 13.1 Å². The third kappa shape index (κ3) is 3.84. The zero-order valence-electron chi connectivity index (χ0n) is 10.8. The second-order valence-electron chi connectivity index (χ2n) is 3.72. The summed E-state index contributed by atoms with van der Waals surface area (Å²) < 4.78 is 4.82. The highest BCUT2D eigenvalue weighted by atomic mass is 16.4. The molecule has 0 radical (unpaired) electrons. The Morgan fingerprint density at radius 2 is 1.79 bits per heavy atom. The zero-order valence-corrected chi connectivity index (χ0v) is 10.8. The number of rotatable bonds is 6. The van der Waals surface area contributed by atoms with Crippen molar-refractivity contribution in [1.29, 1.82) is 0 Å². The average Bonchev–Trinajstić information content (AvgIpc) is 2.87. The lowest BCUT2D eigenvalue weighted by molar-refractivity contribution is -0.129. The highest BCUT2D eigenvalue weighted by Gasteiger charge is 2.16.